The summed E-state index contributed by atoms with van der Waals surface area (Å²) < 4.78 is 0. The minimum Gasteiger partial charge on any atom is -0.0654 e. The molecule has 0 heterocycles. The fourth-order valence-corrected chi connectivity index (χ4v) is 18.7. The molecular weight excluding hydrogens is 460 g/mol. The first kappa shape index (κ1) is 25.9. The third kappa shape index (κ3) is 4.50. The molecule has 2 aromatic carbocycles. The van der Waals surface area contributed by atoms with Gasteiger partial charge in [-0.05, 0) is 72.3 Å². The van der Waals surface area contributed by atoms with E-state index < -0.39 is 8.07 Å². The highest BCUT2D eigenvalue weighted by Crippen LogP contribution is 2.64. The highest BCUT2D eigenvalue weighted by atomic mass is 28.3. The molecule has 200 valence electrons. The van der Waals surface area contributed by atoms with E-state index in [0.29, 0.717) is 0 Å². The molecule has 0 bridgehead atoms. The molecule has 0 N–H and O–H groups in total. The van der Waals surface area contributed by atoms with Crippen LogP contribution in [-0.2, 0) is 0 Å². The second-order valence-electron chi connectivity index (χ2n) is 13.6. The molecule has 0 nitrogen and oxygen atoms in total. The first-order valence-electron chi connectivity index (χ1n) is 16.4. The average Bonchev–Trinajstić information content (AvgIpc) is 3.51. The van der Waals surface area contributed by atoms with E-state index in [4.69, 9.17) is 0 Å². The summed E-state index contributed by atoms with van der Waals surface area (Å²) in [6, 6.07) is 24.6. The monoisotopic (exact) mass is 512 g/mol. The molecular formula is C36H52Si. The van der Waals surface area contributed by atoms with Crippen LogP contribution in [0, 0.1) is 35.5 Å². The minimum atomic E-state index is -2.04. The SMILES string of the molecule is CCCC1CC([Si](c2ccccc2)(c2ccccc2)C2CC(CCC)C3CCCCC32)C2CCCCC12. The van der Waals surface area contributed by atoms with Crippen molar-refractivity contribution in [2.75, 3.05) is 0 Å². The van der Waals surface area contributed by atoms with Crippen molar-refractivity contribution in [1.82, 2.24) is 0 Å². The summed E-state index contributed by atoms with van der Waals surface area (Å²) >= 11 is 0. The third-order valence-electron chi connectivity index (χ3n) is 12.1. The molecule has 8 atom stereocenters. The third-order valence-corrected chi connectivity index (χ3v) is 18.3. The Morgan fingerprint density at radius 2 is 0.919 bits per heavy atom. The molecule has 4 aliphatic carbocycles. The Morgan fingerprint density at radius 3 is 1.30 bits per heavy atom. The molecule has 8 unspecified atom stereocenters. The van der Waals surface area contributed by atoms with Gasteiger partial charge < -0.3 is 0 Å². The Labute approximate surface area is 229 Å². The van der Waals surface area contributed by atoms with E-state index in [1.165, 1.54) is 89.9 Å². The van der Waals surface area contributed by atoms with E-state index in [1.807, 2.05) is 0 Å². The summed E-state index contributed by atoms with van der Waals surface area (Å²) in [7, 11) is -2.04. The van der Waals surface area contributed by atoms with E-state index in [9.17, 15) is 0 Å². The molecule has 0 saturated heterocycles. The van der Waals surface area contributed by atoms with Crippen LogP contribution in [0.5, 0.6) is 0 Å². The molecule has 4 saturated carbocycles. The van der Waals surface area contributed by atoms with Crippen LogP contribution in [0.15, 0.2) is 60.7 Å². The number of fused-ring (bicyclic) bond motifs is 2. The van der Waals surface area contributed by atoms with Crippen molar-refractivity contribution in [2.45, 2.75) is 115 Å². The fourth-order valence-electron chi connectivity index (χ4n) is 11.1. The normalized spacial score (nSPS) is 35.7. The van der Waals surface area contributed by atoms with Gasteiger partial charge in [0, 0.05) is 0 Å². The number of benzene rings is 2. The quantitative estimate of drug-likeness (QED) is 0.309. The molecule has 0 radical (unpaired) electrons. The molecule has 0 aliphatic heterocycles. The van der Waals surface area contributed by atoms with Crippen LogP contribution in [0.2, 0.25) is 11.1 Å². The Kier molecular flexibility index (Phi) is 7.99. The lowest BCUT2D eigenvalue weighted by molar-refractivity contribution is 0.215. The lowest BCUT2D eigenvalue weighted by Crippen LogP contribution is -2.66. The molecule has 0 aromatic heterocycles. The summed E-state index contributed by atoms with van der Waals surface area (Å²) in [5, 5.41) is 3.61. The van der Waals surface area contributed by atoms with Gasteiger partial charge in [0.2, 0.25) is 0 Å². The first-order valence-corrected chi connectivity index (χ1v) is 18.6. The van der Waals surface area contributed by atoms with E-state index in [2.05, 4.69) is 74.5 Å². The summed E-state index contributed by atoms with van der Waals surface area (Å²) in [6.07, 6.45) is 20.8. The van der Waals surface area contributed by atoms with Crippen molar-refractivity contribution in [1.29, 1.82) is 0 Å². The van der Waals surface area contributed by atoms with Crippen molar-refractivity contribution < 1.29 is 0 Å². The van der Waals surface area contributed by atoms with Crippen LogP contribution in [0.4, 0.5) is 0 Å². The Balaban J connectivity index is 1.55. The highest BCUT2D eigenvalue weighted by molar-refractivity contribution is 7.04. The zero-order valence-electron chi connectivity index (χ0n) is 23.8. The van der Waals surface area contributed by atoms with Crippen LogP contribution in [0.25, 0.3) is 0 Å². The molecule has 2 aromatic rings. The number of rotatable bonds is 8. The number of hydrogen-bond donors (Lipinski definition) is 0. The van der Waals surface area contributed by atoms with E-state index in [-0.39, 0.29) is 0 Å². The molecule has 0 amide bonds. The van der Waals surface area contributed by atoms with Gasteiger partial charge in [-0.3, -0.25) is 0 Å². The highest BCUT2D eigenvalue weighted by Gasteiger charge is 2.62. The largest absolute Gasteiger partial charge is 0.124 e. The molecule has 4 fully saturated rings. The van der Waals surface area contributed by atoms with Gasteiger partial charge in [-0.15, -0.1) is 0 Å². The summed E-state index contributed by atoms with van der Waals surface area (Å²) in [5.74, 6) is 5.93. The summed E-state index contributed by atoms with van der Waals surface area (Å²) in [5.41, 5.74) is 1.87. The molecule has 6 rings (SSSR count). The first-order chi connectivity index (χ1) is 18.3. The molecule has 37 heavy (non-hydrogen) atoms. The van der Waals surface area contributed by atoms with Gasteiger partial charge in [0.1, 0.15) is 8.07 Å². The van der Waals surface area contributed by atoms with E-state index in [0.717, 1.165) is 46.6 Å². The summed E-state index contributed by atoms with van der Waals surface area (Å²) in [6.45, 7) is 4.90. The lowest BCUT2D eigenvalue weighted by atomic mass is 9.77. The molecule has 1 heteroatoms. The maximum atomic E-state index is 2.62. The van der Waals surface area contributed by atoms with Crippen LogP contribution < -0.4 is 10.4 Å². The minimum absolute atomic E-state index is 0.937. The van der Waals surface area contributed by atoms with Crippen LogP contribution in [-0.4, -0.2) is 8.07 Å². The Morgan fingerprint density at radius 1 is 0.541 bits per heavy atom. The summed E-state index contributed by atoms with van der Waals surface area (Å²) in [4.78, 5) is 0. The molecule has 0 spiro atoms. The zero-order chi connectivity index (χ0) is 25.2. The Bertz CT molecular complexity index is 901. The predicted molar refractivity (Wildman–Crippen MR) is 162 cm³/mol. The zero-order valence-corrected chi connectivity index (χ0v) is 24.8. The van der Waals surface area contributed by atoms with Gasteiger partial charge in [0.05, 0.1) is 0 Å². The maximum Gasteiger partial charge on any atom is 0.124 e. The van der Waals surface area contributed by atoms with Crippen molar-refractivity contribution in [3.63, 3.8) is 0 Å². The average molecular weight is 513 g/mol. The Hall–Kier alpha value is -1.34. The van der Waals surface area contributed by atoms with Gasteiger partial charge in [-0.25, -0.2) is 0 Å². The number of hydrogen-bond acceptors (Lipinski definition) is 0. The lowest BCUT2D eigenvalue weighted by Gasteiger charge is -2.49. The van der Waals surface area contributed by atoms with E-state index >= 15 is 0 Å². The van der Waals surface area contributed by atoms with Gasteiger partial charge in [0.25, 0.3) is 0 Å². The maximum absolute atomic E-state index is 2.62. The van der Waals surface area contributed by atoms with Crippen molar-refractivity contribution in [3.8, 4) is 0 Å². The van der Waals surface area contributed by atoms with Crippen LogP contribution in [0.1, 0.15) is 104 Å². The fraction of sp³-hybridized carbons (Fsp3) is 0.667. The van der Waals surface area contributed by atoms with Gasteiger partial charge in [-0.1, -0.05) is 149 Å². The second-order valence-corrected chi connectivity index (χ2v) is 18.0. The smallest absolute Gasteiger partial charge is 0.0654 e. The van der Waals surface area contributed by atoms with Gasteiger partial charge in [-0.2, -0.15) is 0 Å². The van der Waals surface area contributed by atoms with Crippen molar-refractivity contribution in [2.24, 2.45) is 35.5 Å². The second kappa shape index (κ2) is 11.4. The van der Waals surface area contributed by atoms with E-state index in [1.54, 1.807) is 10.4 Å². The van der Waals surface area contributed by atoms with Crippen molar-refractivity contribution >= 4 is 18.4 Å². The van der Waals surface area contributed by atoms with Crippen LogP contribution >= 0.6 is 0 Å². The van der Waals surface area contributed by atoms with Crippen LogP contribution in [0.3, 0.4) is 0 Å². The van der Waals surface area contributed by atoms with Crippen molar-refractivity contribution in [3.05, 3.63) is 60.7 Å². The van der Waals surface area contributed by atoms with Gasteiger partial charge >= 0.3 is 0 Å². The standard InChI is InChI=1S/C36H52Si/c1-3-15-27-25-35(33-23-13-11-21-31(27)33)37(29-17-7-5-8-18-29,30-19-9-6-10-20-30)36-26-28(16-4-2)32-22-12-14-24-34(32)36/h5-10,17-20,27-28,31-36H,3-4,11-16,21-26H2,1-2H3. The van der Waals surface area contributed by atoms with Gasteiger partial charge in [0.15, 0.2) is 0 Å². The molecule has 4 aliphatic rings. The predicted octanol–water partition coefficient (Wildman–Crippen LogP) is 9.24. The topological polar surface area (TPSA) is 0 Å².